The largest absolute Gasteiger partial charge is 0.490 e. The Morgan fingerprint density at radius 1 is 1.19 bits per heavy atom. The molecule has 2 aliphatic rings. The van der Waals surface area contributed by atoms with Gasteiger partial charge < -0.3 is 19.1 Å². The summed E-state index contributed by atoms with van der Waals surface area (Å²) in [6.45, 7) is 3.70. The second kappa shape index (κ2) is 6.91. The standard InChI is InChI=1S/C20H20ClNO4/c1-14-7-8-17-15(13-14)20(25-10-4-11-26-20)19(23)22(17)9-12-24-18-6-3-2-5-16(18)21/h2-3,5-8,13H,4,9-12H2,1H3. The van der Waals surface area contributed by atoms with E-state index in [2.05, 4.69) is 0 Å². The molecule has 0 aromatic heterocycles. The molecule has 5 nitrogen and oxygen atoms in total. The maximum Gasteiger partial charge on any atom is 0.292 e. The summed E-state index contributed by atoms with van der Waals surface area (Å²) >= 11 is 6.12. The highest BCUT2D eigenvalue weighted by atomic mass is 35.5. The van der Waals surface area contributed by atoms with E-state index >= 15 is 0 Å². The third-order valence-electron chi connectivity index (χ3n) is 4.63. The lowest BCUT2D eigenvalue weighted by molar-refractivity contribution is -0.256. The summed E-state index contributed by atoms with van der Waals surface area (Å²) in [5.41, 5.74) is 2.65. The highest BCUT2D eigenvalue weighted by Gasteiger charge is 2.54. The molecular formula is C20H20ClNO4. The molecule has 136 valence electrons. The van der Waals surface area contributed by atoms with Crippen LogP contribution in [0.2, 0.25) is 5.02 Å². The zero-order valence-electron chi connectivity index (χ0n) is 14.5. The van der Waals surface area contributed by atoms with Crippen LogP contribution in [0.4, 0.5) is 5.69 Å². The van der Waals surface area contributed by atoms with E-state index in [0.29, 0.717) is 37.1 Å². The van der Waals surface area contributed by atoms with Gasteiger partial charge in [0.25, 0.3) is 11.7 Å². The number of hydrogen-bond acceptors (Lipinski definition) is 4. The second-order valence-electron chi connectivity index (χ2n) is 6.42. The number of amides is 1. The van der Waals surface area contributed by atoms with Crippen LogP contribution in [0.15, 0.2) is 42.5 Å². The Kier molecular flexibility index (Phi) is 4.61. The van der Waals surface area contributed by atoms with E-state index in [1.54, 1.807) is 17.0 Å². The third kappa shape index (κ3) is 2.86. The zero-order chi connectivity index (χ0) is 18.1. The van der Waals surface area contributed by atoms with Crippen molar-refractivity contribution in [2.75, 3.05) is 31.3 Å². The van der Waals surface area contributed by atoms with Gasteiger partial charge in [-0.15, -0.1) is 0 Å². The fourth-order valence-electron chi connectivity index (χ4n) is 3.39. The fraction of sp³-hybridized carbons (Fsp3) is 0.350. The first-order valence-corrected chi connectivity index (χ1v) is 9.08. The molecule has 1 fully saturated rings. The Labute approximate surface area is 157 Å². The molecule has 1 spiro atoms. The number of nitrogens with zero attached hydrogens (tertiary/aromatic N) is 1. The Morgan fingerprint density at radius 2 is 1.96 bits per heavy atom. The van der Waals surface area contributed by atoms with Gasteiger partial charge in [-0.2, -0.15) is 0 Å². The van der Waals surface area contributed by atoms with E-state index in [-0.39, 0.29) is 5.91 Å². The van der Waals surface area contributed by atoms with Gasteiger partial charge in [-0.3, -0.25) is 4.79 Å². The lowest BCUT2D eigenvalue weighted by atomic mass is 10.0. The molecule has 1 saturated heterocycles. The Bertz CT molecular complexity index is 832. The maximum absolute atomic E-state index is 13.2. The maximum atomic E-state index is 13.2. The number of para-hydroxylation sites is 1. The van der Waals surface area contributed by atoms with Crippen LogP contribution in [0, 0.1) is 6.92 Å². The number of rotatable bonds is 4. The van der Waals surface area contributed by atoms with Gasteiger partial charge in [0, 0.05) is 5.56 Å². The highest BCUT2D eigenvalue weighted by Crippen LogP contribution is 2.45. The molecule has 4 rings (SSSR count). The Morgan fingerprint density at radius 3 is 2.73 bits per heavy atom. The number of benzene rings is 2. The molecule has 0 radical (unpaired) electrons. The first-order valence-electron chi connectivity index (χ1n) is 8.70. The van der Waals surface area contributed by atoms with E-state index in [1.165, 1.54) is 0 Å². The summed E-state index contributed by atoms with van der Waals surface area (Å²) in [5, 5.41) is 0.548. The van der Waals surface area contributed by atoms with Crippen LogP contribution in [0.25, 0.3) is 0 Å². The number of hydrogen-bond donors (Lipinski definition) is 0. The van der Waals surface area contributed by atoms with Gasteiger partial charge in [0.05, 0.1) is 30.5 Å². The van der Waals surface area contributed by atoms with Crippen LogP contribution in [0.1, 0.15) is 17.5 Å². The molecule has 0 aliphatic carbocycles. The van der Waals surface area contributed by atoms with Crippen LogP contribution < -0.4 is 9.64 Å². The summed E-state index contributed by atoms with van der Waals surface area (Å²) < 4.78 is 17.5. The molecular weight excluding hydrogens is 354 g/mol. The Hall–Kier alpha value is -2.08. The van der Waals surface area contributed by atoms with Gasteiger partial charge in [-0.1, -0.05) is 35.4 Å². The van der Waals surface area contributed by atoms with Crippen molar-refractivity contribution in [3.8, 4) is 5.75 Å². The number of anilines is 1. The van der Waals surface area contributed by atoms with Crippen LogP contribution in [-0.2, 0) is 20.1 Å². The topological polar surface area (TPSA) is 48.0 Å². The predicted octanol–water partition coefficient (Wildman–Crippen LogP) is 3.66. The number of fused-ring (bicyclic) bond motifs is 2. The molecule has 0 atom stereocenters. The first-order chi connectivity index (χ1) is 12.6. The van der Waals surface area contributed by atoms with Crippen LogP contribution in [0.5, 0.6) is 5.75 Å². The minimum atomic E-state index is -1.32. The number of carbonyl (C=O) groups is 1. The average Bonchev–Trinajstić information content (AvgIpc) is 2.86. The van der Waals surface area contributed by atoms with Gasteiger partial charge in [0.1, 0.15) is 12.4 Å². The van der Waals surface area contributed by atoms with E-state index in [1.807, 2.05) is 37.3 Å². The van der Waals surface area contributed by atoms with Gasteiger partial charge >= 0.3 is 0 Å². The Balaban J connectivity index is 1.57. The lowest BCUT2D eigenvalue weighted by Crippen LogP contribution is -2.48. The van der Waals surface area contributed by atoms with Gasteiger partial charge in [-0.05, 0) is 37.6 Å². The summed E-state index contributed by atoms with van der Waals surface area (Å²) in [5.74, 6) is -0.908. The smallest absolute Gasteiger partial charge is 0.292 e. The van der Waals surface area contributed by atoms with E-state index in [4.69, 9.17) is 25.8 Å². The quantitative estimate of drug-likeness (QED) is 0.820. The van der Waals surface area contributed by atoms with Crippen molar-refractivity contribution in [1.29, 1.82) is 0 Å². The predicted molar refractivity (Wildman–Crippen MR) is 98.7 cm³/mol. The molecule has 2 heterocycles. The molecule has 2 aromatic carbocycles. The molecule has 2 aliphatic heterocycles. The van der Waals surface area contributed by atoms with Gasteiger partial charge in [-0.25, -0.2) is 0 Å². The van der Waals surface area contributed by atoms with Crippen molar-refractivity contribution in [3.05, 3.63) is 58.6 Å². The van der Waals surface area contributed by atoms with Crippen molar-refractivity contribution in [1.82, 2.24) is 0 Å². The number of aryl methyl sites for hydroxylation is 1. The van der Waals surface area contributed by atoms with Crippen molar-refractivity contribution < 1.29 is 19.0 Å². The molecule has 0 unspecified atom stereocenters. The summed E-state index contributed by atoms with van der Waals surface area (Å²) in [6, 6.07) is 13.2. The summed E-state index contributed by atoms with van der Waals surface area (Å²) in [7, 11) is 0. The van der Waals surface area contributed by atoms with Crippen LogP contribution in [-0.4, -0.2) is 32.3 Å². The normalized spacial score (nSPS) is 18.2. The SMILES string of the molecule is Cc1ccc2c(c1)C1(OCCCO1)C(=O)N2CCOc1ccccc1Cl. The molecule has 2 aromatic rings. The van der Waals surface area contributed by atoms with E-state index < -0.39 is 5.79 Å². The summed E-state index contributed by atoms with van der Waals surface area (Å²) in [6.07, 6.45) is 0.784. The monoisotopic (exact) mass is 373 g/mol. The average molecular weight is 374 g/mol. The third-order valence-corrected chi connectivity index (χ3v) is 4.94. The van der Waals surface area contributed by atoms with Crippen LogP contribution >= 0.6 is 11.6 Å². The minimum Gasteiger partial charge on any atom is -0.490 e. The van der Waals surface area contributed by atoms with E-state index in [0.717, 1.165) is 23.2 Å². The van der Waals surface area contributed by atoms with Crippen LogP contribution in [0.3, 0.4) is 0 Å². The molecule has 1 amide bonds. The molecule has 0 bridgehead atoms. The van der Waals surface area contributed by atoms with E-state index in [9.17, 15) is 4.79 Å². The molecule has 0 saturated carbocycles. The van der Waals surface area contributed by atoms with Crippen molar-refractivity contribution in [3.63, 3.8) is 0 Å². The second-order valence-corrected chi connectivity index (χ2v) is 6.83. The first kappa shape index (κ1) is 17.3. The van der Waals surface area contributed by atoms with Gasteiger partial charge in [0.2, 0.25) is 0 Å². The number of carbonyl (C=O) groups excluding carboxylic acids is 1. The summed E-state index contributed by atoms with van der Waals surface area (Å²) in [4.78, 5) is 14.8. The van der Waals surface area contributed by atoms with Crippen molar-refractivity contribution >= 4 is 23.2 Å². The van der Waals surface area contributed by atoms with Crippen molar-refractivity contribution in [2.24, 2.45) is 0 Å². The molecule has 26 heavy (non-hydrogen) atoms. The van der Waals surface area contributed by atoms with Crippen molar-refractivity contribution in [2.45, 2.75) is 19.1 Å². The zero-order valence-corrected chi connectivity index (χ0v) is 15.3. The fourth-order valence-corrected chi connectivity index (χ4v) is 3.58. The van der Waals surface area contributed by atoms with Gasteiger partial charge in [0.15, 0.2) is 0 Å². The molecule has 0 N–H and O–H groups in total. The number of halogens is 1. The molecule has 6 heteroatoms. The number of ether oxygens (including phenoxy) is 3. The minimum absolute atomic E-state index is 0.194. The highest BCUT2D eigenvalue weighted by molar-refractivity contribution is 6.32. The lowest BCUT2D eigenvalue weighted by Gasteiger charge is -2.32.